The zero-order chi connectivity index (χ0) is 14.1. The van der Waals surface area contributed by atoms with Gasteiger partial charge in [-0.3, -0.25) is 4.79 Å². The molecule has 5 nitrogen and oxygen atoms in total. The fourth-order valence-corrected chi connectivity index (χ4v) is 2.65. The van der Waals surface area contributed by atoms with E-state index in [0.717, 1.165) is 42.0 Å². The Morgan fingerprint density at radius 3 is 2.95 bits per heavy atom. The number of hydrogen-bond donors (Lipinski definition) is 1. The zero-order valence-electron chi connectivity index (χ0n) is 10.9. The molecule has 1 aliphatic rings. The summed E-state index contributed by atoms with van der Waals surface area (Å²) in [5.74, 6) is 0.282. The van der Waals surface area contributed by atoms with Crippen LogP contribution in [-0.2, 0) is 28.4 Å². The molecule has 1 aromatic carbocycles. The lowest BCUT2D eigenvalue weighted by Crippen LogP contribution is -2.31. The van der Waals surface area contributed by atoms with Crippen molar-refractivity contribution in [3.63, 3.8) is 0 Å². The van der Waals surface area contributed by atoms with Gasteiger partial charge in [0.15, 0.2) is 0 Å². The first-order valence-electron chi connectivity index (χ1n) is 6.55. The van der Waals surface area contributed by atoms with Crippen LogP contribution < -0.4 is 0 Å². The second-order valence-corrected chi connectivity index (χ2v) is 5.21. The molecule has 3 rings (SSSR count). The number of hydrogen-bond acceptors (Lipinski definition) is 3. The summed E-state index contributed by atoms with van der Waals surface area (Å²) in [6, 6.07) is 5.56. The topological polar surface area (TPSA) is 64.3 Å². The van der Waals surface area contributed by atoms with Gasteiger partial charge in [-0.25, -0.2) is 4.98 Å². The number of fused-ring (bicyclic) bond motifs is 1. The Hall–Kier alpha value is -1.59. The van der Waals surface area contributed by atoms with Crippen LogP contribution in [0.1, 0.15) is 17.8 Å². The predicted octanol–water partition coefficient (Wildman–Crippen LogP) is 2.19. The maximum Gasteiger partial charge on any atom is 0.307 e. The van der Waals surface area contributed by atoms with E-state index in [4.69, 9.17) is 21.4 Å². The number of halogens is 1. The molecule has 1 unspecified atom stereocenters. The van der Waals surface area contributed by atoms with E-state index < -0.39 is 5.97 Å². The number of imidazole rings is 1. The van der Waals surface area contributed by atoms with Gasteiger partial charge < -0.3 is 14.4 Å². The summed E-state index contributed by atoms with van der Waals surface area (Å²) < 4.78 is 7.53. The predicted molar refractivity (Wildman–Crippen MR) is 75.0 cm³/mol. The van der Waals surface area contributed by atoms with Crippen LogP contribution in [0.2, 0.25) is 0 Å². The molecule has 0 bridgehead atoms. The normalized spacial score (nSPS) is 18.1. The minimum Gasteiger partial charge on any atom is -0.481 e. The van der Waals surface area contributed by atoms with Gasteiger partial charge in [-0.05, 0) is 24.1 Å². The summed E-state index contributed by atoms with van der Waals surface area (Å²) >= 11 is 5.95. The molecule has 1 fully saturated rings. The van der Waals surface area contributed by atoms with E-state index in [-0.39, 0.29) is 12.5 Å². The smallest absolute Gasteiger partial charge is 0.307 e. The Morgan fingerprint density at radius 1 is 1.55 bits per heavy atom. The van der Waals surface area contributed by atoms with E-state index in [1.54, 1.807) is 0 Å². The van der Waals surface area contributed by atoms with Crippen LogP contribution in [0.5, 0.6) is 0 Å². The van der Waals surface area contributed by atoms with E-state index in [2.05, 4.69) is 9.55 Å². The third-order valence-electron chi connectivity index (χ3n) is 3.55. The number of benzene rings is 1. The van der Waals surface area contributed by atoms with E-state index in [1.165, 1.54) is 0 Å². The van der Waals surface area contributed by atoms with E-state index in [9.17, 15) is 4.79 Å². The fraction of sp³-hybridized carbons (Fsp3) is 0.429. The second kappa shape index (κ2) is 5.42. The molecule has 20 heavy (non-hydrogen) atoms. The standard InChI is InChI=1S/C14H15ClN2O3/c15-7-13-16-11-5-9(6-14(18)19)1-2-12(11)17(13)8-10-3-4-20-10/h1-2,5,10H,3-4,6-8H2,(H,18,19). The minimum absolute atomic E-state index is 0.00471. The van der Waals surface area contributed by atoms with Crippen molar-refractivity contribution in [1.29, 1.82) is 0 Å². The molecule has 0 spiro atoms. The van der Waals surface area contributed by atoms with Gasteiger partial charge in [-0.1, -0.05) is 6.07 Å². The van der Waals surface area contributed by atoms with Crippen molar-refractivity contribution in [1.82, 2.24) is 9.55 Å². The molecule has 106 valence electrons. The molecule has 1 saturated heterocycles. The number of carboxylic acid groups (broad SMARTS) is 1. The minimum atomic E-state index is -0.843. The number of carboxylic acids is 1. The third kappa shape index (κ3) is 2.51. The first-order chi connectivity index (χ1) is 9.67. The van der Waals surface area contributed by atoms with Gasteiger partial charge >= 0.3 is 5.97 Å². The molecule has 0 amide bonds. The van der Waals surface area contributed by atoms with Gasteiger partial charge in [0.2, 0.25) is 0 Å². The van der Waals surface area contributed by atoms with Crippen LogP contribution in [0, 0.1) is 0 Å². The van der Waals surface area contributed by atoms with Crippen molar-refractivity contribution in [2.75, 3.05) is 6.61 Å². The molecule has 6 heteroatoms. The summed E-state index contributed by atoms with van der Waals surface area (Å²) in [6.45, 7) is 1.56. The average molecular weight is 295 g/mol. The van der Waals surface area contributed by atoms with Gasteiger partial charge in [-0.2, -0.15) is 0 Å². The monoisotopic (exact) mass is 294 g/mol. The maximum atomic E-state index is 10.8. The fourth-order valence-electron chi connectivity index (χ4n) is 2.45. The van der Waals surface area contributed by atoms with E-state index in [1.807, 2.05) is 18.2 Å². The Balaban J connectivity index is 1.97. The molecule has 0 radical (unpaired) electrons. The van der Waals surface area contributed by atoms with Crippen LogP contribution in [0.25, 0.3) is 11.0 Å². The number of aliphatic carboxylic acids is 1. The lowest BCUT2D eigenvalue weighted by molar-refractivity contribution is -0.136. The lowest BCUT2D eigenvalue weighted by Gasteiger charge is -2.27. The molecule has 2 heterocycles. The molecule has 1 aliphatic heterocycles. The first kappa shape index (κ1) is 13.4. The lowest BCUT2D eigenvalue weighted by atomic mass is 10.1. The van der Waals surface area contributed by atoms with Crippen molar-refractivity contribution in [3.8, 4) is 0 Å². The Bertz CT molecular complexity index is 649. The zero-order valence-corrected chi connectivity index (χ0v) is 11.6. The van der Waals surface area contributed by atoms with Crippen LogP contribution in [0.15, 0.2) is 18.2 Å². The number of alkyl halides is 1. The van der Waals surface area contributed by atoms with Crippen LogP contribution in [0.4, 0.5) is 0 Å². The third-order valence-corrected chi connectivity index (χ3v) is 3.79. The highest BCUT2D eigenvalue weighted by Gasteiger charge is 2.21. The van der Waals surface area contributed by atoms with Crippen molar-refractivity contribution in [2.24, 2.45) is 0 Å². The summed E-state index contributed by atoms with van der Waals surface area (Å²) in [5, 5.41) is 8.84. The quantitative estimate of drug-likeness (QED) is 0.859. The molecule has 1 N–H and O–H groups in total. The second-order valence-electron chi connectivity index (χ2n) is 4.95. The number of nitrogens with zero attached hydrogens (tertiary/aromatic N) is 2. The van der Waals surface area contributed by atoms with Crippen LogP contribution in [0.3, 0.4) is 0 Å². The highest BCUT2D eigenvalue weighted by molar-refractivity contribution is 6.16. The molecular weight excluding hydrogens is 280 g/mol. The summed E-state index contributed by atoms with van der Waals surface area (Å²) in [7, 11) is 0. The molecule has 2 aromatic rings. The van der Waals surface area contributed by atoms with Crippen molar-refractivity contribution in [3.05, 3.63) is 29.6 Å². The van der Waals surface area contributed by atoms with Gasteiger partial charge in [-0.15, -0.1) is 11.6 Å². The van der Waals surface area contributed by atoms with Crippen molar-refractivity contribution < 1.29 is 14.6 Å². The van der Waals surface area contributed by atoms with Gasteiger partial charge in [0.25, 0.3) is 0 Å². The average Bonchev–Trinajstić information content (AvgIpc) is 2.70. The highest BCUT2D eigenvalue weighted by Crippen LogP contribution is 2.23. The highest BCUT2D eigenvalue weighted by atomic mass is 35.5. The Kier molecular flexibility index (Phi) is 3.63. The van der Waals surface area contributed by atoms with Crippen LogP contribution in [-0.4, -0.2) is 33.3 Å². The number of carbonyl (C=O) groups is 1. The summed E-state index contributed by atoms with van der Waals surface area (Å²) in [6.07, 6.45) is 1.29. The van der Waals surface area contributed by atoms with Gasteiger partial charge in [0.1, 0.15) is 5.82 Å². The van der Waals surface area contributed by atoms with Gasteiger partial charge in [0.05, 0.1) is 36.0 Å². The summed E-state index contributed by atoms with van der Waals surface area (Å²) in [4.78, 5) is 15.3. The SMILES string of the molecule is O=C(O)Cc1ccc2c(c1)nc(CCl)n2CC1CCO1. The Morgan fingerprint density at radius 2 is 2.35 bits per heavy atom. The molecular formula is C14H15ClN2O3. The number of aromatic nitrogens is 2. The number of ether oxygens (including phenoxy) is 1. The largest absolute Gasteiger partial charge is 0.481 e. The van der Waals surface area contributed by atoms with E-state index in [0.29, 0.717) is 5.88 Å². The molecule has 0 aliphatic carbocycles. The van der Waals surface area contributed by atoms with Crippen molar-refractivity contribution in [2.45, 2.75) is 31.4 Å². The van der Waals surface area contributed by atoms with Crippen LogP contribution >= 0.6 is 11.6 Å². The Labute approximate surface area is 121 Å². The van der Waals surface area contributed by atoms with Gasteiger partial charge in [0, 0.05) is 6.61 Å². The maximum absolute atomic E-state index is 10.8. The van der Waals surface area contributed by atoms with E-state index >= 15 is 0 Å². The number of rotatable bonds is 5. The first-order valence-corrected chi connectivity index (χ1v) is 7.08. The molecule has 0 saturated carbocycles. The molecule has 1 aromatic heterocycles. The summed E-state index contributed by atoms with van der Waals surface area (Å²) in [5.41, 5.74) is 2.51. The molecule has 1 atom stereocenters. The van der Waals surface area contributed by atoms with Crippen molar-refractivity contribution >= 4 is 28.6 Å².